The van der Waals surface area contributed by atoms with Gasteiger partial charge >= 0.3 is 0 Å². The van der Waals surface area contributed by atoms with Crippen molar-refractivity contribution in [3.8, 4) is 0 Å². The Kier molecular flexibility index (Phi) is 5.62. The van der Waals surface area contributed by atoms with Crippen LogP contribution in [0.3, 0.4) is 0 Å². The highest BCUT2D eigenvalue weighted by Crippen LogP contribution is 2.20. The first kappa shape index (κ1) is 16.4. The summed E-state index contributed by atoms with van der Waals surface area (Å²) >= 11 is 0. The Labute approximate surface area is 137 Å². The molecule has 126 valence electrons. The van der Waals surface area contributed by atoms with E-state index in [0.717, 1.165) is 50.9 Å². The minimum absolute atomic E-state index is 0.0600. The zero-order chi connectivity index (χ0) is 16.1. The van der Waals surface area contributed by atoms with E-state index < -0.39 is 0 Å². The van der Waals surface area contributed by atoms with E-state index in [9.17, 15) is 9.18 Å². The van der Waals surface area contributed by atoms with Gasteiger partial charge in [-0.15, -0.1) is 0 Å². The van der Waals surface area contributed by atoms with Crippen LogP contribution in [0.4, 0.5) is 4.39 Å². The van der Waals surface area contributed by atoms with Gasteiger partial charge in [0, 0.05) is 19.1 Å². The number of nitrogens with zero attached hydrogens (tertiary/aromatic N) is 1. The fourth-order valence-electron chi connectivity index (χ4n) is 3.57. The first-order valence-corrected chi connectivity index (χ1v) is 8.72. The minimum Gasteiger partial charge on any atom is -0.353 e. The molecule has 0 aliphatic carbocycles. The van der Waals surface area contributed by atoms with Gasteiger partial charge in [-0.05, 0) is 56.5 Å². The first-order valence-electron chi connectivity index (χ1n) is 8.72. The predicted octanol–water partition coefficient (Wildman–Crippen LogP) is 2.05. The number of piperidine rings is 1. The zero-order valence-electron chi connectivity index (χ0n) is 13.6. The van der Waals surface area contributed by atoms with Crippen molar-refractivity contribution in [2.45, 2.75) is 50.7 Å². The summed E-state index contributed by atoms with van der Waals surface area (Å²) in [6, 6.07) is 6.95. The van der Waals surface area contributed by atoms with Crippen molar-refractivity contribution in [3.05, 3.63) is 35.6 Å². The molecule has 0 spiro atoms. The van der Waals surface area contributed by atoms with Gasteiger partial charge in [-0.1, -0.05) is 18.6 Å². The average Bonchev–Trinajstić information content (AvgIpc) is 3.09. The number of hydrogen-bond donors (Lipinski definition) is 2. The van der Waals surface area contributed by atoms with Gasteiger partial charge in [-0.25, -0.2) is 4.39 Å². The molecular weight excluding hydrogens is 293 g/mol. The molecule has 2 atom stereocenters. The van der Waals surface area contributed by atoms with Crippen LogP contribution in [0.5, 0.6) is 0 Å². The van der Waals surface area contributed by atoms with E-state index in [2.05, 4.69) is 15.5 Å². The van der Waals surface area contributed by atoms with E-state index in [1.54, 1.807) is 12.1 Å². The quantitative estimate of drug-likeness (QED) is 0.873. The molecule has 0 radical (unpaired) electrons. The fourth-order valence-corrected chi connectivity index (χ4v) is 3.57. The third-order valence-electron chi connectivity index (χ3n) is 4.90. The molecule has 2 aliphatic rings. The molecule has 2 fully saturated rings. The van der Waals surface area contributed by atoms with Gasteiger partial charge in [-0.2, -0.15) is 0 Å². The lowest BCUT2D eigenvalue weighted by molar-refractivity contribution is -0.128. The molecule has 2 N–H and O–H groups in total. The monoisotopic (exact) mass is 319 g/mol. The summed E-state index contributed by atoms with van der Waals surface area (Å²) < 4.78 is 13.0. The summed E-state index contributed by atoms with van der Waals surface area (Å²) in [7, 11) is 0. The minimum atomic E-state index is -0.217. The maximum Gasteiger partial charge on any atom is 0.237 e. The van der Waals surface area contributed by atoms with Gasteiger partial charge in [0.05, 0.1) is 6.04 Å². The lowest BCUT2D eigenvalue weighted by Gasteiger charge is -2.35. The van der Waals surface area contributed by atoms with Crippen LogP contribution in [0.1, 0.15) is 37.7 Å². The first-order chi connectivity index (χ1) is 11.2. The van der Waals surface area contributed by atoms with Crippen molar-refractivity contribution in [1.29, 1.82) is 0 Å². The molecule has 0 aromatic heterocycles. The molecule has 1 aromatic carbocycles. The van der Waals surface area contributed by atoms with Gasteiger partial charge in [0.15, 0.2) is 0 Å². The van der Waals surface area contributed by atoms with Crippen molar-refractivity contribution in [1.82, 2.24) is 15.5 Å². The Hall–Kier alpha value is -1.46. The van der Waals surface area contributed by atoms with Gasteiger partial charge in [0.25, 0.3) is 0 Å². The molecule has 5 heteroatoms. The number of amides is 1. The number of rotatable bonds is 5. The molecule has 23 heavy (non-hydrogen) atoms. The second-order valence-electron chi connectivity index (χ2n) is 6.65. The Balaban J connectivity index is 1.56. The van der Waals surface area contributed by atoms with E-state index in [-0.39, 0.29) is 17.8 Å². The molecule has 0 bridgehead atoms. The molecule has 1 aromatic rings. The van der Waals surface area contributed by atoms with Crippen molar-refractivity contribution in [2.75, 3.05) is 19.6 Å². The standard InChI is InChI=1S/C18H26FN3O/c19-15-8-6-14(7-9-15)13-22-11-2-1-5-17(22)18(23)21-12-16-4-3-10-20-16/h6-9,16-17,20H,1-5,10-13H2,(H,21,23). The lowest BCUT2D eigenvalue weighted by atomic mass is 10.00. The number of halogens is 1. The van der Waals surface area contributed by atoms with Gasteiger partial charge in [-0.3, -0.25) is 9.69 Å². The summed E-state index contributed by atoms with van der Waals surface area (Å²) in [6.07, 6.45) is 5.46. The van der Waals surface area contributed by atoms with Crippen LogP contribution in [0.25, 0.3) is 0 Å². The molecule has 2 unspecified atom stereocenters. The second-order valence-corrected chi connectivity index (χ2v) is 6.65. The predicted molar refractivity (Wildman–Crippen MR) is 88.5 cm³/mol. The third-order valence-corrected chi connectivity index (χ3v) is 4.90. The largest absolute Gasteiger partial charge is 0.353 e. The van der Waals surface area contributed by atoms with E-state index in [1.165, 1.54) is 18.6 Å². The van der Waals surface area contributed by atoms with Crippen LogP contribution in [0.2, 0.25) is 0 Å². The average molecular weight is 319 g/mol. The Morgan fingerprint density at radius 1 is 1.22 bits per heavy atom. The molecular formula is C18H26FN3O. The third kappa shape index (κ3) is 4.52. The number of likely N-dealkylation sites (tertiary alicyclic amines) is 1. The Morgan fingerprint density at radius 3 is 2.78 bits per heavy atom. The molecule has 4 nitrogen and oxygen atoms in total. The highest BCUT2D eigenvalue weighted by molar-refractivity contribution is 5.81. The van der Waals surface area contributed by atoms with E-state index in [4.69, 9.17) is 0 Å². The van der Waals surface area contributed by atoms with E-state index in [1.807, 2.05) is 0 Å². The van der Waals surface area contributed by atoms with Crippen LogP contribution < -0.4 is 10.6 Å². The smallest absolute Gasteiger partial charge is 0.237 e. The van der Waals surface area contributed by atoms with Crippen molar-refractivity contribution in [3.63, 3.8) is 0 Å². The van der Waals surface area contributed by atoms with Crippen LogP contribution in [-0.4, -0.2) is 42.5 Å². The number of benzene rings is 1. The molecule has 2 saturated heterocycles. The van der Waals surface area contributed by atoms with Crippen molar-refractivity contribution >= 4 is 5.91 Å². The van der Waals surface area contributed by atoms with Gasteiger partial charge in [0.1, 0.15) is 5.82 Å². The summed E-state index contributed by atoms with van der Waals surface area (Å²) in [4.78, 5) is 14.8. The number of hydrogen-bond acceptors (Lipinski definition) is 3. The normalized spacial score (nSPS) is 25.4. The van der Waals surface area contributed by atoms with Gasteiger partial charge < -0.3 is 10.6 Å². The van der Waals surface area contributed by atoms with Gasteiger partial charge in [0.2, 0.25) is 5.91 Å². The molecule has 2 heterocycles. The Bertz CT molecular complexity index is 514. The van der Waals surface area contributed by atoms with Crippen molar-refractivity contribution in [2.24, 2.45) is 0 Å². The van der Waals surface area contributed by atoms with E-state index >= 15 is 0 Å². The van der Waals surface area contributed by atoms with Crippen LogP contribution in [0.15, 0.2) is 24.3 Å². The SMILES string of the molecule is O=C(NCC1CCCN1)C1CCCCN1Cc1ccc(F)cc1. The second kappa shape index (κ2) is 7.88. The van der Waals surface area contributed by atoms with Crippen molar-refractivity contribution < 1.29 is 9.18 Å². The molecule has 1 amide bonds. The van der Waals surface area contributed by atoms with Crippen LogP contribution >= 0.6 is 0 Å². The maximum absolute atomic E-state index is 13.0. The zero-order valence-corrected chi connectivity index (χ0v) is 13.6. The highest BCUT2D eigenvalue weighted by Gasteiger charge is 2.29. The number of carbonyl (C=O) groups excluding carboxylic acids is 1. The fraction of sp³-hybridized carbons (Fsp3) is 0.611. The highest BCUT2D eigenvalue weighted by atomic mass is 19.1. The summed E-state index contributed by atoms with van der Waals surface area (Å²) in [6.45, 7) is 3.41. The summed E-state index contributed by atoms with van der Waals surface area (Å²) in [5.74, 6) is -0.0775. The number of nitrogens with one attached hydrogen (secondary N) is 2. The molecule has 0 saturated carbocycles. The topological polar surface area (TPSA) is 44.4 Å². The Morgan fingerprint density at radius 2 is 2.04 bits per heavy atom. The lowest BCUT2D eigenvalue weighted by Crippen LogP contribution is -2.50. The summed E-state index contributed by atoms with van der Waals surface area (Å²) in [5.41, 5.74) is 1.06. The number of carbonyl (C=O) groups is 1. The summed E-state index contributed by atoms with van der Waals surface area (Å²) in [5, 5.41) is 6.52. The van der Waals surface area contributed by atoms with E-state index in [0.29, 0.717) is 12.6 Å². The molecule has 3 rings (SSSR count). The molecule has 2 aliphatic heterocycles. The van der Waals surface area contributed by atoms with Crippen LogP contribution in [0, 0.1) is 5.82 Å². The van der Waals surface area contributed by atoms with Crippen LogP contribution in [-0.2, 0) is 11.3 Å². The maximum atomic E-state index is 13.0.